The molecule has 0 radical (unpaired) electrons. The molecule has 45 heavy (non-hydrogen) atoms. The van der Waals surface area contributed by atoms with Gasteiger partial charge in [-0.25, -0.2) is 14.3 Å². The summed E-state index contributed by atoms with van der Waals surface area (Å²) in [6.45, 7) is 12.9. The number of benzene rings is 1. The van der Waals surface area contributed by atoms with Gasteiger partial charge < -0.3 is 24.4 Å². The fourth-order valence-corrected chi connectivity index (χ4v) is 4.35. The fourth-order valence-electron chi connectivity index (χ4n) is 4.35. The van der Waals surface area contributed by atoms with Crippen molar-refractivity contribution in [2.45, 2.75) is 78.3 Å². The number of ether oxygens (including phenoxy) is 3. The van der Waals surface area contributed by atoms with Crippen molar-refractivity contribution in [2.75, 3.05) is 33.3 Å². The van der Waals surface area contributed by atoms with Gasteiger partial charge in [-0.15, -0.1) is 10.1 Å². The van der Waals surface area contributed by atoms with E-state index in [9.17, 15) is 19.2 Å². The summed E-state index contributed by atoms with van der Waals surface area (Å²) in [5.41, 5.74) is -0.0266. The number of alkyl carbamates (subject to hydrolysis) is 1. The van der Waals surface area contributed by atoms with Crippen LogP contribution < -0.4 is 10.6 Å². The molecule has 2 heterocycles. The SMILES string of the molecule is COC(=O)C[C@@H](NC(=O)Cn1cc(CN2CCN(/C(=N/C(=O)OC(C)(C)C)NC(=O)OC(C)(C)C)CC2)nn1)c1ccccc1. The van der Waals surface area contributed by atoms with Gasteiger partial charge in [-0.3, -0.25) is 19.8 Å². The van der Waals surface area contributed by atoms with Crippen LogP contribution in [0.5, 0.6) is 0 Å². The van der Waals surface area contributed by atoms with Crippen molar-refractivity contribution >= 4 is 30.0 Å². The second-order valence-corrected chi connectivity index (χ2v) is 12.5. The van der Waals surface area contributed by atoms with Crippen molar-refractivity contribution in [3.63, 3.8) is 0 Å². The number of nitrogens with one attached hydrogen (secondary N) is 2. The third-order valence-electron chi connectivity index (χ3n) is 6.29. The minimum Gasteiger partial charge on any atom is -0.469 e. The lowest BCUT2D eigenvalue weighted by molar-refractivity contribution is -0.141. The van der Waals surface area contributed by atoms with E-state index in [4.69, 9.17) is 14.2 Å². The maximum atomic E-state index is 12.8. The average molecular weight is 629 g/mol. The van der Waals surface area contributed by atoms with Crippen molar-refractivity contribution in [1.82, 2.24) is 35.4 Å². The first-order valence-corrected chi connectivity index (χ1v) is 14.7. The molecule has 0 spiro atoms. The Morgan fingerprint density at radius 1 is 0.956 bits per heavy atom. The quantitative estimate of drug-likeness (QED) is 0.191. The van der Waals surface area contributed by atoms with E-state index in [-0.39, 0.29) is 24.8 Å². The summed E-state index contributed by atoms with van der Waals surface area (Å²) in [5, 5.41) is 13.8. The summed E-state index contributed by atoms with van der Waals surface area (Å²) in [7, 11) is 1.31. The Kier molecular flexibility index (Phi) is 12.0. The molecule has 1 aliphatic heterocycles. The summed E-state index contributed by atoms with van der Waals surface area (Å²) < 4.78 is 16.9. The molecule has 1 atom stereocenters. The van der Waals surface area contributed by atoms with Gasteiger partial charge in [0.2, 0.25) is 11.9 Å². The second-order valence-electron chi connectivity index (χ2n) is 12.5. The lowest BCUT2D eigenvalue weighted by atomic mass is 10.0. The maximum Gasteiger partial charge on any atom is 0.437 e. The lowest BCUT2D eigenvalue weighted by Crippen LogP contribution is -2.54. The molecule has 1 aromatic heterocycles. The van der Waals surface area contributed by atoms with Crippen LogP contribution >= 0.6 is 0 Å². The highest BCUT2D eigenvalue weighted by Crippen LogP contribution is 2.17. The van der Waals surface area contributed by atoms with Crippen LogP contribution in [0.4, 0.5) is 9.59 Å². The Labute approximate surface area is 263 Å². The molecule has 0 bridgehead atoms. The molecule has 3 amide bonds. The van der Waals surface area contributed by atoms with Crippen LogP contribution in [0, 0.1) is 0 Å². The molecule has 1 saturated heterocycles. The Morgan fingerprint density at radius 3 is 2.20 bits per heavy atom. The Balaban J connectivity index is 1.57. The number of amides is 3. The topological polar surface area (TPSA) is 170 Å². The van der Waals surface area contributed by atoms with Gasteiger partial charge in [0.05, 0.1) is 31.5 Å². The number of carbonyl (C=O) groups excluding carboxylic acids is 4. The molecule has 1 aromatic carbocycles. The number of methoxy groups -OCH3 is 1. The van der Waals surface area contributed by atoms with Crippen molar-refractivity contribution in [3.05, 3.63) is 47.8 Å². The highest BCUT2D eigenvalue weighted by molar-refractivity contribution is 5.99. The molecule has 3 rings (SSSR count). The van der Waals surface area contributed by atoms with E-state index in [1.807, 2.05) is 30.3 Å². The van der Waals surface area contributed by atoms with Crippen LogP contribution in [0.25, 0.3) is 0 Å². The van der Waals surface area contributed by atoms with Gasteiger partial charge in [-0.05, 0) is 47.1 Å². The monoisotopic (exact) mass is 628 g/mol. The van der Waals surface area contributed by atoms with E-state index < -0.39 is 35.4 Å². The highest BCUT2D eigenvalue weighted by Gasteiger charge is 2.26. The zero-order valence-electron chi connectivity index (χ0n) is 27.0. The molecule has 1 fully saturated rings. The zero-order chi connectivity index (χ0) is 33.2. The molecule has 0 saturated carbocycles. The van der Waals surface area contributed by atoms with Gasteiger partial charge in [0.15, 0.2) is 0 Å². The van der Waals surface area contributed by atoms with Crippen LogP contribution in [-0.2, 0) is 36.9 Å². The smallest absolute Gasteiger partial charge is 0.437 e. The predicted molar refractivity (Wildman–Crippen MR) is 164 cm³/mol. The first-order chi connectivity index (χ1) is 21.1. The Hall–Kier alpha value is -4.53. The summed E-state index contributed by atoms with van der Waals surface area (Å²) in [6.07, 6.45) is 0.145. The Bertz CT molecular complexity index is 1340. The minimum atomic E-state index is -0.822. The van der Waals surface area contributed by atoms with Crippen molar-refractivity contribution in [1.29, 1.82) is 0 Å². The second kappa shape index (κ2) is 15.5. The summed E-state index contributed by atoms with van der Waals surface area (Å²) >= 11 is 0. The minimum absolute atomic E-state index is 0.00166. The lowest BCUT2D eigenvalue weighted by Gasteiger charge is -2.36. The number of carbonyl (C=O) groups is 4. The largest absolute Gasteiger partial charge is 0.469 e. The number of esters is 1. The Morgan fingerprint density at radius 2 is 1.60 bits per heavy atom. The number of guanidine groups is 1. The molecule has 246 valence electrons. The van der Waals surface area contributed by atoms with E-state index in [1.54, 1.807) is 52.6 Å². The number of nitrogens with zero attached hydrogens (tertiary/aromatic N) is 6. The third kappa shape index (κ3) is 12.5. The van der Waals surface area contributed by atoms with Crippen LogP contribution in [0.3, 0.4) is 0 Å². The van der Waals surface area contributed by atoms with Crippen molar-refractivity contribution in [3.8, 4) is 0 Å². The first-order valence-electron chi connectivity index (χ1n) is 14.7. The van der Waals surface area contributed by atoms with Gasteiger partial charge in [0.25, 0.3) is 0 Å². The summed E-state index contributed by atoms with van der Waals surface area (Å²) in [5.74, 6) is -0.709. The fraction of sp³-hybridized carbons (Fsp3) is 0.567. The van der Waals surface area contributed by atoms with Crippen LogP contribution in [0.1, 0.15) is 65.3 Å². The zero-order valence-corrected chi connectivity index (χ0v) is 27.0. The summed E-state index contributed by atoms with van der Waals surface area (Å²) in [6, 6.07) is 8.65. The van der Waals surface area contributed by atoms with Crippen LogP contribution in [-0.4, -0.2) is 99.3 Å². The van der Waals surface area contributed by atoms with Gasteiger partial charge in [-0.1, -0.05) is 35.5 Å². The molecule has 2 aromatic rings. The molecular weight excluding hydrogens is 584 g/mol. The number of aliphatic imine (C=N–C) groups is 1. The van der Waals surface area contributed by atoms with E-state index in [1.165, 1.54) is 11.8 Å². The van der Waals surface area contributed by atoms with Crippen LogP contribution in [0.2, 0.25) is 0 Å². The first kappa shape index (κ1) is 35.0. The van der Waals surface area contributed by atoms with E-state index >= 15 is 0 Å². The number of piperazine rings is 1. The van der Waals surface area contributed by atoms with Gasteiger partial charge in [-0.2, -0.15) is 0 Å². The molecular formula is C30H44N8O7. The van der Waals surface area contributed by atoms with Crippen LogP contribution in [0.15, 0.2) is 41.5 Å². The highest BCUT2D eigenvalue weighted by atomic mass is 16.6. The van der Waals surface area contributed by atoms with E-state index in [2.05, 4.69) is 30.8 Å². The van der Waals surface area contributed by atoms with Crippen molar-refractivity contribution in [2.24, 2.45) is 4.99 Å². The molecule has 2 N–H and O–H groups in total. The normalized spacial score (nSPS) is 15.2. The van der Waals surface area contributed by atoms with Crippen molar-refractivity contribution < 1.29 is 33.4 Å². The van der Waals surface area contributed by atoms with E-state index in [0.717, 1.165) is 5.56 Å². The molecule has 0 aliphatic carbocycles. The molecule has 1 aliphatic rings. The molecule has 0 unspecified atom stereocenters. The van der Waals surface area contributed by atoms with Gasteiger partial charge >= 0.3 is 18.2 Å². The van der Waals surface area contributed by atoms with Gasteiger partial charge in [0.1, 0.15) is 17.7 Å². The number of rotatable bonds is 8. The number of aromatic nitrogens is 3. The number of hydrogen-bond acceptors (Lipinski definition) is 10. The molecule has 15 nitrogen and oxygen atoms in total. The third-order valence-corrected chi connectivity index (χ3v) is 6.29. The predicted octanol–water partition coefficient (Wildman–Crippen LogP) is 2.63. The van der Waals surface area contributed by atoms with E-state index in [0.29, 0.717) is 38.4 Å². The standard InChI is InChI=1S/C30H44N8O7/c1-29(2,3)44-27(41)32-26(33-28(42)45-30(4,5)6)37-15-13-36(14-16-37)18-22-19-38(35-34-22)20-24(39)31-23(17-25(40)43-7)21-11-9-8-10-12-21/h8-12,19,23H,13-18,20H2,1-7H3,(H,31,39)(H,32,33,41,42)/t23-/m1/s1. The number of hydrogen-bond donors (Lipinski definition) is 2. The maximum absolute atomic E-state index is 12.8. The average Bonchev–Trinajstić information content (AvgIpc) is 3.37. The molecule has 15 heteroatoms. The van der Waals surface area contributed by atoms with Gasteiger partial charge in [0, 0.05) is 32.7 Å². The summed E-state index contributed by atoms with van der Waals surface area (Å²) in [4.78, 5) is 57.6.